The molecule has 0 atom stereocenters. The number of hydrogen-bond donors (Lipinski definition) is 0. The van der Waals surface area contributed by atoms with Crippen LogP contribution in [-0.2, 0) is 4.57 Å². The lowest BCUT2D eigenvalue weighted by atomic mass is 9.90. The summed E-state index contributed by atoms with van der Waals surface area (Å²) < 4.78 is 18.1. The molecule has 3 aromatic heterocycles. The predicted molar refractivity (Wildman–Crippen MR) is 213 cm³/mol. The molecule has 0 aliphatic rings. The first-order chi connectivity index (χ1) is 25.2. The summed E-state index contributed by atoms with van der Waals surface area (Å²) in [7, 11) is -3.32. The molecule has 0 spiro atoms. The topological polar surface area (TPSA) is 47.3 Å². The van der Waals surface area contributed by atoms with Crippen LogP contribution in [0.3, 0.4) is 0 Å². The molecule has 0 bridgehead atoms. The van der Waals surface area contributed by atoms with Crippen molar-refractivity contribution in [3.63, 3.8) is 0 Å². The van der Waals surface area contributed by atoms with Gasteiger partial charge in [0.2, 0.25) is 0 Å². The molecule has 240 valence electrons. The van der Waals surface area contributed by atoms with Crippen molar-refractivity contribution in [1.29, 1.82) is 0 Å². The van der Waals surface area contributed by atoms with Gasteiger partial charge in [0.15, 0.2) is 12.8 Å². The molecule has 0 saturated carbocycles. The van der Waals surface area contributed by atoms with E-state index < -0.39 is 7.14 Å². The first-order valence-electron chi connectivity index (χ1n) is 17.1. The van der Waals surface area contributed by atoms with Gasteiger partial charge in [-0.15, -0.1) is 0 Å². The van der Waals surface area contributed by atoms with E-state index in [2.05, 4.69) is 101 Å². The molecule has 0 N–H and O–H groups in total. The van der Waals surface area contributed by atoms with Gasteiger partial charge in [0.05, 0.1) is 5.69 Å². The van der Waals surface area contributed by atoms with Gasteiger partial charge in [0.25, 0.3) is 0 Å². The second kappa shape index (κ2) is 11.6. The molecule has 51 heavy (non-hydrogen) atoms. The fourth-order valence-electron chi connectivity index (χ4n) is 7.81. The van der Waals surface area contributed by atoms with E-state index in [1.807, 2.05) is 85.1 Å². The summed E-state index contributed by atoms with van der Waals surface area (Å²) in [5, 5.41) is 8.75. The maximum absolute atomic E-state index is 16.0. The van der Waals surface area contributed by atoms with Crippen molar-refractivity contribution in [3.05, 3.63) is 182 Å². The summed E-state index contributed by atoms with van der Waals surface area (Å²) in [6.07, 6.45) is 2.02. The molecule has 7 aromatic carbocycles. The predicted octanol–water partition coefficient (Wildman–Crippen LogP) is 10.3. The minimum absolute atomic E-state index is 0.821. The minimum atomic E-state index is -3.32. The van der Waals surface area contributed by atoms with E-state index in [1.54, 1.807) is 0 Å². The van der Waals surface area contributed by atoms with Gasteiger partial charge >= 0.3 is 0 Å². The lowest BCUT2D eigenvalue weighted by Crippen LogP contribution is -2.26. The Morgan fingerprint density at radius 3 is 1.63 bits per heavy atom. The molecule has 0 radical (unpaired) electrons. The Kier molecular flexibility index (Phi) is 6.74. The maximum atomic E-state index is 16.0. The van der Waals surface area contributed by atoms with Crippen LogP contribution >= 0.6 is 7.14 Å². The fraction of sp³-hybridized carbons (Fsp3) is 0. The van der Waals surface area contributed by atoms with Gasteiger partial charge in [-0.1, -0.05) is 158 Å². The highest BCUT2D eigenvalue weighted by atomic mass is 31.2. The van der Waals surface area contributed by atoms with Gasteiger partial charge in [0.1, 0.15) is 11.2 Å². The molecular weight excluding hydrogens is 642 g/mol. The number of pyridine rings is 2. The second-order valence-electron chi connectivity index (χ2n) is 12.9. The summed E-state index contributed by atoms with van der Waals surface area (Å²) in [5.74, 6) is 0. The summed E-state index contributed by atoms with van der Waals surface area (Å²) >= 11 is 0. The fourth-order valence-corrected chi connectivity index (χ4v) is 10.9. The van der Waals surface area contributed by atoms with Crippen LogP contribution < -0.4 is 15.9 Å². The second-order valence-corrected chi connectivity index (χ2v) is 15.6. The van der Waals surface area contributed by atoms with Crippen LogP contribution in [0, 0.1) is 0 Å². The van der Waals surface area contributed by atoms with Gasteiger partial charge in [-0.05, 0) is 50.9 Å². The average Bonchev–Trinajstić information content (AvgIpc) is 3.59. The van der Waals surface area contributed by atoms with Crippen LogP contribution in [-0.4, -0.2) is 14.4 Å². The molecular formula is C46H30N3OP. The third-order valence-electron chi connectivity index (χ3n) is 10.0. The van der Waals surface area contributed by atoms with Gasteiger partial charge < -0.3 is 4.57 Å². The van der Waals surface area contributed by atoms with Crippen molar-refractivity contribution < 1.29 is 4.57 Å². The highest BCUT2D eigenvalue weighted by molar-refractivity contribution is 7.86. The highest BCUT2D eigenvalue weighted by Crippen LogP contribution is 2.49. The minimum Gasteiger partial charge on any atom is -0.309 e. The molecule has 5 heteroatoms. The Balaban J connectivity index is 1.27. The summed E-state index contributed by atoms with van der Waals surface area (Å²) in [5.41, 5.74) is 6.72. The summed E-state index contributed by atoms with van der Waals surface area (Å²) in [6.45, 7) is 0. The maximum Gasteiger partial charge on any atom is 0.172 e. The van der Waals surface area contributed by atoms with Gasteiger partial charge in [-0.25, -0.2) is 9.97 Å². The third kappa shape index (κ3) is 4.50. The molecule has 10 rings (SSSR count). The smallest absolute Gasteiger partial charge is 0.172 e. The largest absolute Gasteiger partial charge is 0.309 e. The molecule has 3 heterocycles. The number of fused-ring (bicyclic) bond motifs is 7. The monoisotopic (exact) mass is 671 g/mol. The van der Waals surface area contributed by atoms with Gasteiger partial charge in [-0.2, -0.15) is 0 Å². The Labute approximate surface area is 294 Å². The molecule has 0 aliphatic carbocycles. The van der Waals surface area contributed by atoms with Crippen molar-refractivity contribution in [3.8, 4) is 22.4 Å². The normalized spacial score (nSPS) is 12.0. The van der Waals surface area contributed by atoms with Crippen LogP contribution in [0.5, 0.6) is 0 Å². The zero-order valence-electron chi connectivity index (χ0n) is 27.5. The highest BCUT2D eigenvalue weighted by Gasteiger charge is 2.34. The zero-order valence-corrected chi connectivity index (χ0v) is 28.4. The van der Waals surface area contributed by atoms with Crippen LogP contribution in [0.15, 0.2) is 182 Å². The molecule has 10 aromatic rings. The zero-order chi connectivity index (χ0) is 33.9. The first-order valence-corrected chi connectivity index (χ1v) is 18.8. The van der Waals surface area contributed by atoms with Crippen molar-refractivity contribution in [2.24, 2.45) is 0 Å². The van der Waals surface area contributed by atoms with E-state index in [-0.39, 0.29) is 0 Å². The lowest BCUT2D eigenvalue weighted by Gasteiger charge is -2.25. The quantitative estimate of drug-likeness (QED) is 0.135. The molecule has 0 saturated heterocycles. The Morgan fingerprint density at radius 1 is 0.451 bits per heavy atom. The van der Waals surface area contributed by atoms with Gasteiger partial charge in [-0.3, -0.25) is 4.40 Å². The van der Waals surface area contributed by atoms with E-state index in [9.17, 15) is 0 Å². The lowest BCUT2D eigenvalue weighted by molar-refractivity contribution is 0.593. The van der Waals surface area contributed by atoms with E-state index in [0.29, 0.717) is 0 Å². The van der Waals surface area contributed by atoms with Crippen molar-refractivity contribution >= 4 is 72.2 Å². The van der Waals surface area contributed by atoms with E-state index in [4.69, 9.17) is 9.97 Å². The van der Waals surface area contributed by atoms with Crippen LogP contribution in [0.2, 0.25) is 0 Å². The van der Waals surface area contributed by atoms with Crippen molar-refractivity contribution in [1.82, 2.24) is 14.4 Å². The number of nitrogens with zero attached hydrogens (tertiary/aromatic N) is 3. The van der Waals surface area contributed by atoms with E-state index in [1.165, 1.54) is 0 Å². The number of hydrogen-bond acceptors (Lipinski definition) is 3. The molecule has 0 amide bonds. The van der Waals surface area contributed by atoms with Crippen LogP contribution in [0.4, 0.5) is 0 Å². The van der Waals surface area contributed by atoms with Crippen LogP contribution in [0.1, 0.15) is 0 Å². The van der Waals surface area contributed by atoms with E-state index in [0.717, 1.165) is 87.4 Å². The number of imidazole rings is 1. The van der Waals surface area contributed by atoms with Gasteiger partial charge in [0, 0.05) is 38.4 Å². The SMILES string of the molecule is O=P(c1ccccc1)(c1ccccc1)c1c2ccccc2c(-c2cccc(-c3nc4c(nc5ccccn54)c4ccccc34)c2)c2ccccc12. The number of benzene rings is 7. The molecule has 4 nitrogen and oxygen atoms in total. The summed E-state index contributed by atoms with van der Waals surface area (Å²) in [4.78, 5) is 10.3. The molecule has 0 unspecified atom stereocenters. The standard InChI is InChI=1S/C46H30N3OP/c50-51(33-18-3-1-4-19-33,34-20-5-2-6-21-34)45-39-26-11-7-22-35(39)42(36-23-8-12-27-40(36)45)31-16-15-17-32(30-31)43-37-24-9-10-25-38(37)44-46(48-43)49-29-14-13-28-41(49)47-44/h1-30H. The first kappa shape index (κ1) is 29.6. The molecule has 0 aliphatic heterocycles. The van der Waals surface area contributed by atoms with Crippen molar-refractivity contribution in [2.45, 2.75) is 0 Å². The van der Waals surface area contributed by atoms with E-state index >= 15 is 4.57 Å². The molecule has 0 fully saturated rings. The Hall–Kier alpha value is -6.35. The van der Waals surface area contributed by atoms with Crippen molar-refractivity contribution in [2.75, 3.05) is 0 Å². The summed E-state index contributed by atoms with van der Waals surface area (Å²) in [6, 6.07) is 60.0. The number of aromatic nitrogens is 3. The average molecular weight is 672 g/mol. The Morgan fingerprint density at radius 2 is 0.980 bits per heavy atom. The van der Waals surface area contributed by atoms with Crippen LogP contribution in [0.25, 0.3) is 71.5 Å². The number of rotatable bonds is 5. The third-order valence-corrected chi connectivity index (χ3v) is 13.2. The Bertz CT molecular complexity index is 2910.